The molecule has 0 aliphatic carbocycles. The highest BCUT2D eigenvalue weighted by atomic mass is 27.1. The first-order valence-corrected chi connectivity index (χ1v) is 9.87. The van der Waals surface area contributed by atoms with Crippen LogP contribution < -0.4 is 0 Å². The van der Waals surface area contributed by atoms with Crippen LogP contribution in [0.15, 0.2) is 60.7 Å². The van der Waals surface area contributed by atoms with Crippen molar-refractivity contribution in [3.05, 3.63) is 71.8 Å². The van der Waals surface area contributed by atoms with E-state index in [0.29, 0.717) is 12.2 Å². The van der Waals surface area contributed by atoms with E-state index in [1.807, 2.05) is 36.4 Å². The first-order chi connectivity index (χ1) is 9.83. The fourth-order valence-corrected chi connectivity index (χ4v) is 3.30. The van der Waals surface area contributed by atoms with E-state index in [0.717, 1.165) is 17.5 Å². The van der Waals surface area contributed by atoms with Gasteiger partial charge in [-0.2, -0.15) is 0 Å². The Hall–Kier alpha value is -1.36. The summed E-state index contributed by atoms with van der Waals surface area (Å²) in [7, 11) is 0. The normalized spacial score (nSPS) is 10.5. The number of benzene rings is 2. The molecule has 0 fully saturated rings. The van der Waals surface area contributed by atoms with Crippen molar-refractivity contribution in [2.45, 2.75) is 29.8 Å². The topological polar surface area (TPSA) is 17.1 Å². The number of hydrogen-bond donors (Lipinski definition) is 0. The van der Waals surface area contributed by atoms with Gasteiger partial charge in [-0.25, -0.2) is 0 Å². The average molecular weight is 280 g/mol. The average Bonchev–Trinajstić information content (AvgIpc) is 2.50. The molecular weight excluding hydrogens is 259 g/mol. The van der Waals surface area contributed by atoms with Gasteiger partial charge >= 0.3 is 0 Å². The molecule has 0 amide bonds. The van der Waals surface area contributed by atoms with Crippen molar-refractivity contribution >= 4 is 21.0 Å². The van der Waals surface area contributed by atoms with Crippen molar-refractivity contribution in [3.63, 3.8) is 0 Å². The molecule has 1 nitrogen and oxygen atoms in total. The molecule has 0 aliphatic heterocycles. The van der Waals surface area contributed by atoms with E-state index in [1.54, 1.807) is 0 Å². The van der Waals surface area contributed by atoms with Gasteiger partial charge in [-0.3, -0.25) is 4.79 Å². The summed E-state index contributed by atoms with van der Waals surface area (Å²) in [5, 5.41) is 1.27. The predicted octanol–water partition coefficient (Wildman–Crippen LogP) is 4.07. The van der Waals surface area contributed by atoms with E-state index in [9.17, 15) is 4.79 Å². The molecule has 2 rings (SSSR count). The van der Waals surface area contributed by atoms with Crippen LogP contribution in [-0.2, 0) is 4.79 Å². The molecule has 0 heterocycles. The van der Waals surface area contributed by atoms with Crippen molar-refractivity contribution in [2.24, 2.45) is 0 Å². The Morgan fingerprint density at radius 3 is 1.90 bits per heavy atom. The van der Waals surface area contributed by atoms with Crippen molar-refractivity contribution in [3.8, 4) is 0 Å². The third-order valence-electron chi connectivity index (χ3n) is 3.61. The summed E-state index contributed by atoms with van der Waals surface area (Å²) in [5.41, 5.74) is 2.22. The minimum absolute atomic E-state index is 0.0686. The van der Waals surface area contributed by atoms with Gasteiger partial charge in [-0.05, 0) is 11.1 Å². The second-order valence-corrected chi connectivity index (χ2v) is 6.88. The molecule has 0 aliphatic rings. The molecule has 0 spiro atoms. The van der Waals surface area contributed by atoms with Crippen molar-refractivity contribution < 1.29 is 4.79 Å². The maximum Gasteiger partial charge on any atom is 0.233 e. The minimum atomic E-state index is -0.101. The lowest BCUT2D eigenvalue weighted by Gasteiger charge is -2.17. The quantitative estimate of drug-likeness (QED) is 0.552. The van der Waals surface area contributed by atoms with Gasteiger partial charge in [0.2, 0.25) is 15.2 Å². The van der Waals surface area contributed by atoms with Crippen LogP contribution in [0.5, 0.6) is 0 Å². The Bertz CT molecular complexity index is 482. The number of Topliss-reactive ketones (excluding diaryl/α,β-unsaturated/α-hetero) is 1. The highest BCUT2D eigenvalue weighted by molar-refractivity contribution is 6.33. The Balaban J connectivity index is 2.23. The lowest BCUT2D eigenvalue weighted by Crippen LogP contribution is -2.14. The molecule has 20 heavy (non-hydrogen) atoms. The maximum atomic E-state index is 12.6. The zero-order valence-electron chi connectivity index (χ0n) is 12.1. The minimum Gasteiger partial charge on any atom is -0.299 e. The fraction of sp³-hybridized carbons (Fsp3) is 0.278. The van der Waals surface area contributed by atoms with Gasteiger partial charge in [-0.1, -0.05) is 72.4 Å². The molecule has 2 aromatic carbocycles. The largest absolute Gasteiger partial charge is 0.299 e. The summed E-state index contributed by atoms with van der Waals surface area (Å²) < 4.78 is 0. The van der Waals surface area contributed by atoms with Gasteiger partial charge < -0.3 is 0 Å². The third kappa shape index (κ3) is 4.07. The molecule has 2 aromatic rings. The standard InChI is InChI=1S/C17H17O.CH3.Al.H/c1-2-9-16(18)17(14-10-5-3-6-11-14)15-12-7-4-8-13-15;;;/h3-8,10-13,17H,1-2,9H2;1H3;;. The van der Waals surface area contributed by atoms with Crippen molar-refractivity contribution in [2.75, 3.05) is 0 Å². The van der Waals surface area contributed by atoms with Gasteiger partial charge in [0.1, 0.15) is 5.78 Å². The molecular formula is C18H21AlO. The van der Waals surface area contributed by atoms with Gasteiger partial charge in [-0.15, -0.1) is 5.79 Å². The van der Waals surface area contributed by atoms with E-state index in [2.05, 4.69) is 30.1 Å². The molecule has 0 radical (unpaired) electrons. The van der Waals surface area contributed by atoms with E-state index in [4.69, 9.17) is 0 Å². The van der Waals surface area contributed by atoms with Gasteiger partial charge in [0.05, 0.1) is 5.92 Å². The number of carbonyl (C=O) groups excluding carboxylic acids is 1. The Morgan fingerprint density at radius 1 is 0.950 bits per heavy atom. The molecule has 0 saturated carbocycles. The van der Waals surface area contributed by atoms with Crippen LogP contribution in [0.3, 0.4) is 0 Å². The van der Waals surface area contributed by atoms with Crippen LogP contribution in [0.4, 0.5) is 0 Å². The molecule has 2 heteroatoms. The number of hydrogen-bond acceptors (Lipinski definition) is 1. The molecule has 102 valence electrons. The molecule has 0 bridgehead atoms. The van der Waals surface area contributed by atoms with Gasteiger partial charge in [0.25, 0.3) is 0 Å². The lowest BCUT2D eigenvalue weighted by atomic mass is 9.86. The summed E-state index contributed by atoms with van der Waals surface area (Å²) in [6.07, 6.45) is 1.76. The van der Waals surface area contributed by atoms with Gasteiger partial charge in [0, 0.05) is 6.42 Å². The van der Waals surface area contributed by atoms with E-state index in [-0.39, 0.29) is 21.1 Å². The monoisotopic (exact) mass is 280 g/mol. The van der Waals surface area contributed by atoms with Crippen LogP contribution in [0.25, 0.3) is 0 Å². The highest BCUT2D eigenvalue weighted by Gasteiger charge is 2.21. The molecule has 0 aromatic heterocycles. The smallest absolute Gasteiger partial charge is 0.233 e. The van der Waals surface area contributed by atoms with E-state index in [1.165, 1.54) is 5.28 Å². The van der Waals surface area contributed by atoms with Crippen LogP contribution in [0, 0.1) is 0 Å². The van der Waals surface area contributed by atoms with Crippen LogP contribution >= 0.6 is 0 Å². The fourth-order valence-electron chi connectivity index (χ4n) is 2.55. The Labute approximate surface area is 127 Å². The predicted molar refractivity (Wildman–Crippen MR) is 86.8 cm³/mol. The Kier molecular flexibility index (Phi) is 6.05. The lowest BCUT2D eigenvalue weighted by molar-refractivity contribution is -0.119. The van der Waals surface area contributed by atoms with Crippen molar-refractivity contribution in [1.29, 1.82) is 0 Å². The first-order valence-electron chi connectivity index (χ1n) is 7.45. The third-order valence-corrected chi connectivity index (χ3v) is 4.82. The molecule has 0 N–H and O–H groups in total. The number of ketones is 1. The molecule has 0 atom stereocenters. The molecule has 0 unspecified atom stereocenters. The summed E-state index contributed by atoms with van der Waals surface area (Å²) in [4.78, 5) is 12.6. The van der Waals surface area contributed by atoms with E-state index < -0.39 is 0 Å². The highest BCUT2D eigenvalue weighted by Crippen LogP contribution is 2.27. The SMILES string of the molecule is [CH3][AlH][CH2]CCC(=O)C(c1ccccc1)c1ccccc1. The summed E-state index contributed by atoms with van der Waals surface area (Å²) >= 11 is 0.0686. The van der Waals surface area contributed by atoms with Gasteiger partial charge in [0.15, 0.2) is 0 Å². The van der Waals surface area contributed by atoms with Crippen molar-refractivity contribution in [1.82, 2.24) is 0 Å². The second-order valence-electron chi connectivity index (χ2n) is 5.18. The first kappa shape index (κ1) is 15.0. The number of carbonyl (C=O) groups is 1. The zero-order chi connectivity index (χ0) is 14.2. The van der Waals surface area contributed by atoms with E-state index >= 15 is 0 Å². The second kappa shape index (κ2) is 8.05. The summed E-state index contributed by atoms with van der Waals surface area (Å²) in [6, 6.07) is 20.3. The Morgan fingerprint density at radius 2 is 1.45 bits per heavy atom. The summed E-state index contributed by atoms with van der Waals surface area (Å²) in [6.45, 7) is 0. The maximum absolute atomic E-state index is 12.6. The van der Waals surface area contributed by atoms with Crippen LogP contribution in [0.1, 0.15) is 29.9 Å². The zero-order valence-corrected chi connectivity index (χ0v) is 13.5. The van der Waals surface area contributed by atoms with Crippen LogP contribution in [0.2, 0.25) is 11.1 Å². The van der Waals surface area contributed by atoms with Crippen LogP contribution in [-0.4, -0.2) is 21.0 Å². The molecule has 0 saturated heterocycles. The summed E-state index contributed by atoms with van der Waals surface area (Å²) in [5.74, 6) is 2.55. The number of rotatable bonds is 7.